The van der Waals surface area contributed by atoms with E-state index in [4.69, 9.17) is 4.42 Å². The summed E-state index contributed by atoms with van der Waals surface area (Å²) >= 11 is 0. The van der Waals surface area contributed by atoms with Crippen LogP contribution in [-0.2, 0) is 4.79 Å². The first-order valence-electron chi connectivity index (χ1n) is 7.76. The summed E-state index contributed by atoms with van der Waals surface area (Å²) in [5, 5.41) is 10.3. The molecule has 23 heavy (non-hydrogen) atoms. The largest absolute Gasteiger partial charge is 0.481 e. The standard InChI is InChI=1S/C18H21NO4/c1-10-5-6-11(2)14-13(10)12(3)15(23-14)16(20)19-8-7-18(4,9-19)17(21)22/h5-6H,7-9H2,1-4H3,(H,21,22). The third-order valence-corrected chi connectivity index (χ3v) is 4.95. The molecule has 0 aliphatic carbocycles. The number of likely N-dealkylation sites (tertiary alicyclic amines) is 1. The molecule has 0 bridgehead atoms. The van der Waals surface area contributed by atoms with Crippen molar-refractivity contribution < 1.29 is 19.1 Å². The van der Waals surface area contributed by atoms with Gasteiger partial charge in [-0.2, -0.15) is 0 Å². The molecule has 1 atom stereocenters. The lowest BCUT2D eigenvalue weighted by Gasteiger charge is -2.19. The molecule has 5 heteroatoms. The van der Waals surface area contributed by atoms with Crippen molar-refractivity contribution in [3.8, 4) is 0 Å². The van der Waals surface area contributed by atoms with Crippen molar-refractivity contribution in [2.45, 2.75) is 34.1 Å². The molecule has 5 nitrogen and oxygen atoms in total. The molecule has 1 aliphatic heterocycles. The Morgan fingerprint density at radius 2 is 1.87 bits per heavy atom. The Hall–Kier alpha value is -2.30. The van der Waals surface area contributed by atoms with Crippen LogP contribution in [0.4, 0.5) is 0 Å². The van der Waals surface area contributed by atoms with Gasteiger partial charge in [-0.25, -0.2) is 0 Å². The molecule has 1 saturated heterocycles. The molecule has 1 N–H and O–H groups in total. The number of carboxylic acid groups (broad SMARTS) is 1. The quantitative estimate of drug-likeness (QED) is 0.923. The topological polar surface area (TPSA) is 70.8 Å². The minimum atomic E-state index is -0.874. The molecule has 2 aromatic rings. The van der Waals surface area contributed by atoms with Crippen LogP contribution < -0.4 is 0 Å². The van der Waals surface area contributed by atoms with Crippen LogP contribution in [0.5, 0.6) is 0 Å². The number of carboxylic acids is 1. The van der Waals surface area contributed by atoms with Gasteiger partial charge in [0.2, 0.25) is 0 Å². The van der Waals surface area contributed by atoms with E-state index in [1.807, 2.05) is 32.9 Å². The Morgan fingerprint density at radius 1 is 1.22 bits per heavy atom. The molecule has 1 aliphatic rings. The van der Waals surface area contributed by atoms with E-state index in [0.29, 0.717) is 18.7 Å². The molecule has 1 amide bonds. The van der Waals surface area contributed by atoms with Crippen molar-refractivity contribution >= 4 is 22.8 Å². The fourth-order valence-electron chi connectivity index (χ4n) is 3.33. The smallest absolute Gasteiger partial charge is 0.311 e. The highest BCUT2D eigenvalue weighted by atomic mass is 16.4. The summed E-state index contributed by atoms with van der Waals surface area (Å²) in [5.41, 5.74) is 2.76. The van der Waals surface area contributed by atoms with Crippen LogP contribution in [0.15, 0.2) is 16.5 Å². The van der Waals surface area contributed by atoms with Crippen LogP contribution in [0, 0.1) is 26.2 Å². The van der Waals surface area contributed by atoms with Gasteiger partial charge in [-0.3, -0.25) is 9.59 Å². The van der Waals surface area contributed by atoms with Gasteiger partial charge in [0.25, 0.3) is 5.91 Å². The summed E-state index contributed by atoms with van der Waals surface area (Å²) in [4.78, 5) is 25.8. The van der Waals surface area contributed by atoms with Crippen LogP contribution in [-0.4, -0.2) is 35.0 Å². The van der Waals surface area contributed by atoms with Crippen LogP contribution >= 0.6 is 0 Å². The number of furan rings is 1. The molecule has 0 spiro atoms. The molecule has 1 aromatic heterocycles. The number of aliphatic carboxylic acids is 1. The van der Waals surface area contributed by atoms with Gasteiger partial charge in [0.1, 0.15) is 5.58 Å². The van der Waals surface area contributed by atoms with Gasteiger partial charge in [0, 0.05) is 24.0 Å². The molecule has 0 radical (unpaired) electrons. The second kappa shape index (κ2) is 5.11. The van der Waals surface area contributed by atoms with E-state index in [2.05, 4.69) is 0 Å². The second-order valence-corrected chi connectivity index (χ2v) is 6.80. The normalized spacial score (nSPS) is 21.1. The fraction of sp³-hybridized carbons (Fsp3) is 0.444. The maximum atomic E-state index is 12.8. The zero-order valence-corrected chi connectivity index (χ0v) is 13.9. The average molecular weight is 315 g/mol. The van der Waals surface area contributed by atoms with E-state index in [0.717, 1.165) is 27.7 Å². The number of rotatable bonds is 2. The lowest BCUT2D eigenvalue weighted by Crippen LogP contribution is -2.34. The summed E-state index contributed by atoms with van der Waals surface area (Å²) in [5.74, 6) is -0.754. The van der Waals surface area contributed by atoms with Crippen molar-refractivity contribution in [2.24, 2.45) is 5.41 Å². The van der Waals surface area contributed by atoms with Gasteiger partial charge in [-0.1, -0.05) is 12.1 Å². The van der Waals surface area contributed by atoms with Crippen LogP contribution in [0.25, 0.3) is 11.0 Å². The first kappa shape index (κ1) is 15.6. The molecule has 122 valence electrons. The first-order valence-corrected chi connectivity index (χ1v) is 7.76. The molecule has 3 rings (SSSR count). The summed E-state index contributed by atoms with van der Waals surface area (Å²) in [6.45, 7) is 8.18. The minimum absolute atomic E-state index is 0.218. The molecule has 1 aromatic carbocycles. The number of aryl methyl sites for hydroxylation is 3. The van der Waals surface area contributed by atoms with E-state index in [1.54, 1.807) is 11.8 Å². The summed E-state index contributed by atoms with van der Waals surface area (Å²) in [7, 11) is 0. The highest BCUT2D eigenvalue weighted by Gasteiger charge is 2.43. The molecular formula is C18H21NO4. The van der Waals surface area contributed by atoms with E-state index in [-0.39, 0.29) is 12.5 Å². The zero-order chi connectivity index (χ0) is 16.9. The minimum Gasteiger partial charge on any atom is -0.481 e. The monoisotopic (exact) mass is 315 g/mol. The predicted molar refractivity (Wildman–Crippen MR) is 86.7 cm³/mol. The zero-order valence-electron chi connectivity index (χ0n) is 13.9. The van der Waals surface area contributed by atoms with Crippen molar-refractivity contribution in [1.29, 1.82) is 0 Å². The maximum Gasteiger partial charge on any atom is 0.311 e. The predicted octanol–water partition coefficient (Wildman–Crippen LogP) is 3.29. The van der Waals surface area contributed by atoms with Crippen molar-refractivity contribution in [3.05, 3.63) is 34.6 Å². The Kier molecular flexibility index (Phi) is 3.47. The van der Waals surface area contributed by atoms with Gasteiger partial charge < -0.3 is 14.4 Å². The summed E-state index contributed by atoms with van der Waals surface area (Å²) < 4.78 is 5.87. The van der Waals surface area contributed by atoms with Gasteiger partial charge in [-0.05, 0) is 45.2 Å². The Bertz CT molecular complexity index is 820. The Morgan fingerprint density at radius 3 is 2.43 bits per heavy atom. The lowest BCUT2D eigenvalue weighted by molar-refractivity contribution is -0.147. The SMILES string of the molecule is Cc1ccc(C)c2c(C)c(C(=O)N3CCC(C)(C(=O)O)C3)oc12. The molecular weight excluding hydrogens is 294 g/mol. The number of amides is 1. The van der Waals surface area contributed by atoms with Crippen LogP contribution in [0.3, 0.4) is 0 Å². The van der Waals surface area contributed by atoms with Crippen LogP contribution in [0.2, 0.25) is 0 Å². The Labute approximate surface area is 134 Å². The van der Waals surface area contributed by atoms with E-state index in [9.17, 15) is 14.7 Å². The number of carbonyl (C=O) groups excluding carboxylic acids is 1. The summed E-state index contributed by atoms with van der Waals surface area (Å²) in [6.07, 6.45) is 0.464. The number of fused-ring (bicyclic) bond motifs is 1. The third kappa shape index (κ3) is 2.31. The molecule has 0 saturated carbocycles. The third-order valence-electron chi connectivity index (χ3n) is 4.95. The van der Waals surface area contributed by atoms with Crippen molar-refractivity contribution in [1.82, 2.24) is 4.90 Å². The number of hydrogen-bond donors (Lipinski definition) is 1. The van der Waals surface area contributed by atoms with Crippen LogP contribution in [0.1, 0.15) is 40.6 Å². The van der Waals surface area contributed by atoms with Crippen molar-refractivity contribution in [3.63, 3.8) is 0 Å². The van der Waals surface area contributed by atoms with Crippen molar-refractivity contribution in [2.75, 3.05) is 13.1 Å². The van der Waals surface area contributed by atoms with E-state index < -0.39 is 11.4 Å². The molecule has 1 unspecified atom stereocenters. The van der Waals surface area contributed by atoms with Gasteiger partial charge in [0.05, 0.1) is 5.41 Å². The second-order valence-electron chi connectivity index (χ2n) is 6.80. The number of nitrogens with zero attached hydrogens (tertiary/aromatic N) is 1. The fourth-order valence-corrected chi connectivity index (χ4v) is 3.33. The molecule has 1 fully saturated rings. The maximum absolute atomic E-state index is 12.8. The highest BCUT2D eigenvalue weighted by molar-refractivity contribution is 6.01. The Balaban J connectivity index is 2.00. The average Bonchev–Trinajstić information content (AvgIpc) is 3.06. The summed E-state index contributed by atoms with van der Waals surface area (Å²) in [6, 6.07) is 4.00. The highest BCUT2D eigenvalue weighted by Crippen LogP contribution is 2.34. The number of benzene rings is 1. The van der Waals surface area contributed by atoms with Gasteiger partial charge >= 0.3 is 5.97 Å². The van der Waals surface area contributed by atoms with Gasteiger partial charge in [-0.15, -0.1) is 0 Å². The lowest BCUT2D eigenvalue weighted by atomic mass is 9.90. The van der Waals surface area contributed by atoms with E-state index in [1.165, 1.54) is 0 Å². The van der Waals surface area contributed by atoms with Gasteiger partial charge in [0.15, 0.2) is 5.76 Å². The molecule has 2 heterocycles. The number of carbonyl (C=O) groups is 2. The first-order chi connectivity index (χ1) is 10.7. The van der Waals surface area contributed by atoms with E-state index >= 15 is 0 Å². The number of hydrogen-bond acceptors (Lipinski definition) is 3.